The molecule has 1 heterocycles. The van der Waals surface area contributed by atoms with Crippen LogP contribution < -0.4 is 4.74 Å². The SMILES string of the molecule is CCC(=O)c1ccccc1OC1CCCOC1. The van der Waals surface area contributed by atoms with E-state index in [4.69, 9.17) is 9.47 Å². The Hall–Kier alpha value is -1.35. The van der Waals surface area contributed by atoms with Gasteiger partial charge < -0.3 is 9.47 Å². The van der Waals surface area contributed by atoms with Gasteiger partial charge in [0.1, 0.15) is 11.9 Å². The number of benzene rings is 1. The van der Waals surface area contributed by atoms with Crippen molar-refractivity contribution in [1.29, 1.82) is 0 Å². The van der Waals surface area contributed by atoms with Crippen LogP contribution in [0.25, 0.3) is 0 Å². The number of hydrogen-bond donors (Lipinski definition) is 0. The Morgan fingerprint density at radius 3 is 3.00 bits per heavy atom. The molecule has 0 saturated carbocycles. The Bertz CT molecular complexity index is 381. The van der Waals surface area contributed by atoms with E-state index in [2.05, 4.69) is 0 Å². The van der Waals surface area contributed by atoms with Crippen LogP contribution in [0.15, 0.2) is 24.3 Å². The lowest BCUT2D eigenvalue weighted by molar-refractivity contribution is 0.00710. The van der Waals surface area contributed by atoms with E-state index in [0.29, 0.717) is 24.3 Å². The Morgan fingerprint density at radius 2 is 2.29 bits per heavy atom. The van der Waals surface area contributed by atoms with Gasteiger partial charge in [0.25, 0.3) is 0 Å². The van der Waals surface area contributed by atoms with E-state index >= 15 is 0 Å². The summed E-state index contributed by atoms with van der Waals surface area (Å²) in [7, 11) is 0. The van der Waals surface area contributed by atoms with Crippen molar-refractivity contribution >= 4 is 5.78 Å². The number of carbonyl (C=O) groups excluding carboxylic acids is 1. The standard InChI is InChI=1S/C14H18O3/c1-2-13(15)12-7-3-4-8-14(12)17-11-6-5-9-16-10-11/h3-4,7-8,11H,2,5-6,9-10H2,1H3. The van der Waals surface area contributed by atoms with Gasteiger partial charge in [-0.25, -0.2) is 0 Å². The predicted octanol–water partition coefficient (Wildman–Crippen LogP) is 2.84. The number of ether oxygens (including phenoxy) is 2. The normalized spacial score (nSPS) is 19.9. The van der Waals surface area contributed by atoms with Crippen molar-refractivity contribution in [2.45, 2.75) is 32.3 Å². The average Bonchev–Trinajstić information content (AvgIpc) is 2.40. The fourth-order valence-corrected chi connectivity index (χ4v) is 1.97. The summed E-state index contributed by atoms with van der Waals surface area (Å²) in [5.41, 5.74) is 0.681. The second-order valence-corrected chi connectivity index (χ2v) is 4.23. The van der Waals surface area contributed by atoms with E-state index in [0.717, 1.165) is 19.4 Å². The van der Waals surface area contributed by atoms with E-state index < -0.39 is 0 Å². The summed E-state index contributed by atoms with van der Waals surface area (Å²) in [6.45, 7) is 3.30. The number of para-hydroxylation sites is 1. The zero-order valence-corrected chi connectivity index (χ0v) is 10.1. The molecule has 92 valence electrons. The second kappa shape index (κ2) is 5.82. The molecule has 3 nitrogen and oxygen atoms in total. The van der Waals surface area contributed by atoms with Crippen LogP contribution in [0.1, 0.15) is 36.5 Å². The third-order valence-corrected chi connectivity index (χ3v) is 2.92. The first-order valence-corrected chi connectivity index (χ1v) is 6.18. The second-order valence-electron chi connectivity index (χ2n) is 4.23. The maximum Gasteiger partial charge on any atom is 0.166 e. The van der Waals surface area contributed by atoms with Crippen LogP contribution in [-0.4, -0.2) is 25.1 Å². The minimum Gasteiger partial charge on any atom is -0.487 e. The summed E-state index contributed by atoms with van der Waals surface area (Å²) >= 11 is 0. The molecular weight excluding hydrogens is 216 g/mol. The molecule has 1 atom stereocenters. The van der Waals surface area contributed by atoms with Gasteiger partial charge in [0.15, 0.2) is 5.78 Å². The molecule has 0 spiro atoms. The molecule has 0 amide bonds. The van der Waals surface area contributed by atoms with Crippen LogP contribution in [0.2, 0.25) is 0 Å². The number of ketones is 1. The summed E-state index contributed by atoms with van der Waals surface area (Å²) in [5.74, 6) is 0.812. The molecule has 1 aromatic carbocycles. The highest BCUT2D eigenvalue weighted by atomic mass is 16.5. The van der Waals surface area contributed by atoms with Crippen molar-refractivity contribution in [3.05, 3.63) is 29.8 Å². The highest BCUT2D eigenvalue weighted by Crippen LogP contribution is 2.23. The first-order valence-electron chi connectivity index (χ1n) is 6.18. The molecule has 1 unspecified atom stereocenters. The molecule has 0 N–H and O–H groups in total. The van der Waals surface area contributed by atoms with Gasteiger partial charge in [-0.3, -0.25) is 4.79 Å². The van der Waals surface area contributed by atoms with Crippen molar-refractivity contribution in [3.8, 4) is 5.75 Å². The summed E-state index contributed by atoms with van der Waals surface area (Å²) in [6, 6.07) is 7.45. The van der Waals surface area contributed by atoms with E-state index in [-0.39, 0.29) is 11.9 Å². The van der Waals surface area contributed by atoms with Crippen LogP contribution >= 0.6 is 0 Å². The van der Waals surface area contributed by atoms with Crippen LogP contribution in [0.5, 0.6) is 5.75 Å². The lowest BCUT2D eigenvalue weighted by Crippen LogP contribution is -2.28. The zero-order valence-electron chi connectivity index (χ0n) is 10.1. The van der Waals surface area contributed by atoms with E-state index in [9.17, 15) is 4.79 Å². The Kier molecular flexibility index (Phi) is 4.15. The Morgan fingerprint density at radius 1 is 1.47 bits per heavy atom. The molecule has 1 saturated heterocycles. The lowest BCUT2D eigenvalue weighted by Gasteiger charge is -2.24. The minimum absolute atomic E-state index is 0.0783. The van der Waals surface area contributed by atoms with Crippen LogP contribution in [-0.2, 0) is 4.74 Å². The number of carbonyl (C=O) groups is 1. The third-order valence-electron chi connectivity index (χ3n) is 2.92. The number of rotatable bonds is 4. The van der Waals surface area contributed by atoms with E-state index in [1.54, 1.807) is 0 Å². The Labute approximate surface area is 102 Å². The molecule has 1 aliphatic rings. The highest BCUT2D eigenvalue weighted by molar-refractivity contribution is 5.98. The highest BCUT2D eigenvalue weighted by Gasteiger charge is 2.18. The minimum atomic E-state index is 0.0783. The van der Waals surface area contributed by atoms with Gasteiger partial charge in [-0.2, -0.15) is 0 Å². The number of Topliss-reactive ketones (excluding diaryl/α,β-unsaturated/α-hetero) is 1. The molecule has 0 radical (unpaired) electrons. The molecule has 0 bridgehead atoms. The van der Waals surface area contributed by atoms with Gasteiger partial charge in [0.05, 0.1) is 12.2 Å². The Balaban J connectivity index is 2.11. The van der Waals surface area contributed by atoms with Gasteiger partial charge in [0, 0.05) is 13.0 Å². The van der Waals surface area contributed by atoms with Crippen LogP contribution in [0.4, 0.5) is 0 Å². The first-order chi connectivity index (χ1) is 8.31. The molecule has 2 rings (SSSR count). The van der Waals surface area contributed by atoms with Gasteiger partial charge in [-0.1, -0.05) is 19.1 Å². The largest absolute Gasteiger partial charge is 0.487 e. The molecule has 1 aliphatic heterocycles. The zero-order chi connectivity index (χ0) is 12.1. The maximum absolute atomic E-state index is 11.8. The molecule has 0 aromatic heterocycles. The average molecular weight is 234 g/mol. The van der Waals surface area contributed by atoms with Gasteiger partial charge in [-0.15, -0.1) is 0 Å². The van der Waals surface area contributed by atoms with Crippen molar-refractivity contribution in [2.24, 2.45) is 0 Å². The first kappa shape index (κ1) is 12.1. The lowest BCUT2D eigenvalue weighted by atomic mass is 10.1. The topological polar surface area (TPSA) is 35.5 Å². The summed E-state index contributed by atoms with van der Waals surface area (Å²) < 4.78 is 11.2. The smallest absolute Gasteiger partial charge is 0.166 e. The fraction of sp³-hybridized carbons (Fsp3) is 0.500. The predicted molar refractivity (Wildman–Crippen MR) is 65.5 cm³/mol. The molecule has 1 aromatic rings. The van der Waals surface area contributed by atoms with Gasteiger partial charge in [0.2, 0.25) is 0 Å². The fourth-order valence-electron chi connectivity index (χ4n) is 1.97. The molecular formula is C14H18O3. The number of hydrogen-bond acceptors (Lipinski definition) is 3. The molecule has 0 aliphatic carbocycles. The van der Waals surface area contributed by atoms with Crippen molar-refractivity contribution in [1.82, 2.24) is 0 Å². The quantitative estimate of drug-likeness (QED) is 0.751. The molecule has 1 fully saturated rings. The third kappa shape index (κ3) is 3.07. The summed E-state index contributed by atoms with van der Waals surface area (Å²) in [5, 5.41) is 0. The summed E-state index contributed by atoms with van der Waals surface area (Å²) in [6.07, 6.45) is 2.60. The van der Waals surface area contributed by atoms with Crippen molar-refractivity contribution < 1.29 is 14.3 Å². The van der Waals surface area contributed by atoms with Crippen molar-refractivity contribution in [2.75, 3.05) is 13.2 Å². The van der Waals surface area contributed by atoms with Crippen molar-refractivity contribution in [3.63, 3.8) is 0 Å². The molecule has 17 heavy (non-hydrogen) atoms. The monoisotopic (exact) mass is 234 g/mol. The van der Waals surface area contributed by atoms with E-state index in [1.165, 1.54) is 0 Å². The molecule has 3 heteroatoms. The van der Waals surface area contributed by atoms with Gasteiger partial charge >= 0.3 is 0 Å². The van der Waals surface area contributed by atoms with Crippen LogP contribution in [0.3, 0.4) is 0 Å². The van der Waals surface area contributed by atoms with Crippen LogP contribution in [0, 0.1) is 0 Å². The summed E-state index contributed by atoms with van der Waals surface area (Å²) in [4.78, 5) is 11.8. The maximum atomic E-state index is 11.8. The van der Waals surface area contributed by atoms with Gasteiger partial charge in [-0.05, 0) is 25.0 Å². The van der Waals surface area contributed by atoms with E-state index in [1.807, 2.05) is 31.2 Å².